The van der Waals surface area contributed by atoms with Crippen LogP contribution < -0.4 is 9.16 Å². The lowest BCUT2D eigenvalue weighted by molar-refractivity contribution is 0.101. The van der Waals surface area contributed by atoms with Gasteiger partial charge in [-0.05, 0) is 61.1 Å². The molecule has 0 spiro atoms. The van der Waals surface area contributed by atoms with Gasteiger partial charge in [0, 0.05) is 16.7 Å². The van der Waals surface area contributed by atoms with Crippen LogP contribution in [0.4, 0.5) is 0 Å². The molecule has 0 saturated heterocycles. The van der Waals surface area contributed by atoms with Gasteiger partial charge in [-0.3, -0.25) is 9.48 Å². The summed E-state index contributed by atoms with van der Waals surface area (Å²) >= 11 is 0. The van der Waals surface area contributed by atoms with Crippen LogP contribution in [0.15, 0.2) is 60.7 Å². The number of nitrogens with zero attached hydrogens (tertiary/aromatic N) is 2. The summed E-state index contributed by atoms with van der Waals surface area (Å²) in [7, 11) is 4.99. The Bertz CT molecular complexity index is 1430. The number of methoxy groups -OCH3 is 1. The smallest absolute Gasteiger partial charge is 0.341 e. The number of aromatic nitrogens is 2. The molecule has 6 heteroatoms. The van der Waals surface area contributed by atoms with Crippen LogP contribution >= 0.6 is 0 Å². The molecule has 37 heavy (non-hydrogen) atoms. The summed E-state index contributed by atoms with van der Waals surface area (Å²) in [6.45, 7) is 12.8. The SMILES string of the molecule is COc1ccc(Cn2nc(-c3cc(C)c(C)c(C(C)(C)C)c3O[Si])c(C(C)=O)c2-c2ccccc2)cc1. The van der Waals surface area contributed by atoms with Gasteiger partial charge in [0.05, 0.1) is 24.9 Å². The van der Waals surface area contributed by atoms with E-state index in [9.17, 15) is 4.79 Å². The number of Topliss-reactive ketones (excluding diaryl/α,β-unsaturated/α-hetero) is 1. The summed E-state index contributed by atoms with van der Waals surface area (Å²) in [6, 6.07) is 19.9. The fraction of sp³-hybridized carbons (Fsp3) is 0.290. The maximum Gasteiger partial charge on any atom is 0.341 e. The second-order valence-corrected chi connectivity index (χ2v) is 10.6. The van der Waals surface area contributed by atoms with Crippen LogP contribution in [-0.4, -0.2) is 33.2 Å². The first-order chi connectivity index (χ1) is 17.6. The number of carbonyl (C=O) groups is 1. The third-order valence-corrected chi connectivity index (χ3v) is 6.95. The number of hydrogen-bond donors (Lipinski definition) is 0. The zero-order chi connectivity index (χ0) is 26.9. The van der Waals surface area contributed by atoms with E-state index in [1.165, 1.54) is 0 Å². The normalized spacial score (nSPS) is 11.5. The lowest BCUT2D eigenvalue weighted by atomic mass is 9.80. The molecule has 1 aromatic heterocycles. The summed E-state index contributed by atoms with van der Waals surface area (Å²) in [4.78, 5) is 13.3. The maximum absolute atomic E-state index is 13.3. The van der Waals surface area contributed by atoms with E-state index < -0.39 is 0 Å². The van der Waals surface area contributed by atoms with Gasteiger partial charge in [-0.1, -0.05) is 63.2 Å². The van der Waals surface area contributed by atoms with Crippen LogP contribution in [0.5, 0.6) is 11.5 Å². The first kappa shape index (κ1) is 26.4. The third-order valence-electron chi connectivity index (χ3n) is 6.75. The first-order valence-electron chi connectivity index (χ1n) is 12.4. The molecule has 189 valence electrons. The quantitative estimate of drug-likeness (QED) is 0.202. The van der Waals surface area contributed by atoms with Crippen LogP contribution in [0.1, 0.15) is 60.3 Å². The first-order valence-corrected chi connectivity index (χ1v) is 12.8. The molecule has 0 fully saturated rings. The Kier molecular flexibility index (Phi) is 7.41. The minimum Gasteiger partial charge on any atom is -0.540 e. The van der Waals surface area contributed by atoms with Gasteiger partial charge < -0.3 is 9.16 Å². The molecule has 0 aliphatic rings. The van der Waals surface area contributed by atoms with Crippen molar-refractivity contribution in [2.24, 2.45) is 0 Å². The molecule has 4 aromatic rings. The Balaban J connectivity index is 2.04. The lowest BCUT2D eigenvalue weighted by Gasteiger charge is -2.27. The van der Waals surface area contributed by atoms with Gasteiger partial charge in [-0.2, -0.15) is 5.10 Å². The maximum atomic E-state index is 13.3. The molecule has 0 N–H and O–H groups in total. The van der Waals surface area contributed by atoms with Crippen molar-refractivity contribution < 1.29 is 14.0 Å². The molecule has 4 rings (SSSR count). The lowest BCUT2D eigenvalue weighted by Crippen LogP contribution is -2.17. The van der Waals surface area contributed by atoms with Crippen LogP contribution in [0.25, 0.3) is 22.5 Å². The second kappa shape index (κ2) is 10.4. The Morgan fingerprint density at radius 2 is 1.68 bits per heavy atom. The van der Waals surface area contributed by atoms with E-state index >= 15 is 0 Å². The van der Waals surface area contributed by atoms with Gasteiger partial charge in [-0.15, -0.1) is 0 Å². The zero-order valence-corrected chi connectivity index (χ0v) is 23.6. The highest BCUT2D eigenvalue weighted by Gasteiger charge is 2.30. The highest BCUT2D eigenvalue weighted by atomic mass is 28.2. The molecule has 0 saturated carbocycles. The molecular weight excluding hydrogens is 476 g/mol. The van der Waals surface area contributed by atoms with Gasteiger partial charge >= 0.3 is 10.5 Å². The topological polar surface area (TPSA) is 53.4 Å². The number of rotatable bonds is 7. The molecule has 0 atom stereocenters. The fourth-order valence-electron chi connectivity index (χ4n) is 4.97. The van der Waals surface area contributed by atoms with Crippen molar-refractivity contribution in [2.75, 3.05) is 7.11 Å². The highest BCUT2D eigenvalue weighted by molar-refractivity contribution is 6.07. The number of carbonyl (C=O) groups excluding carboxylic acids is 1. The second-order valence-electron chi connectivity index (χ2n) is 10.4. The van der Waals surface area contributed by atoms with Gasteiger partial charge in [0.1, 0.15) is 17.2 Å². The molecule has 3 radical (unpaired) electrons. The number of aryl methyl sites for hydroxylation is 1. The van der Waals surface area contributed by atoms with Gasteiger partial charge in [0.25, 0.3) is 0 Å². The van der Waals surface area contributed by atoms with Gasteiger partial charge in [0.15, 0.2) is 5.78 Å². The van der Waals surface area contributed by atoms with Crippen molar-refractivity contribution in [2.45, 2.75) is 53.5 Å². The van der Waals surface area contributed by atoms with Gasteiger partial charge in [0.2, 0.25) is 0 Å². The van der Waals surface area contributed by atoms with E-state index in [0.717, 1.165) is 44.8 Å². The molecule has 3 aromatic carbocycles. The van der Waals surface area contributed by atoms with Crippen LogP contribution in [0, 0.1) is 13.8 Å². The molecule has 5 nitrogen and oxygen atoms in total. The van der Waals surface area contributed by atoms with Crippen molar-refractivity contribution in [1.29, 1.82) is 0 Å². The number of hydrogen-bond acceptors (Lipinski definition) is 4. The largest absolute Gasteiger partial charge is 0.540 e. The summed E-state index contributed by atoms with van der Waals surface area (Å²) in [5, 5.41) is 5.08. The molecule has 0 amide bonds. The van der Waals surface area contributed by atoms with Crippen LogP contribution in [-0.2, 0) is 12.0 Å². The Morgan fingerprint density at radius 3 is 2.22 bits per heavy atom. The molecule has 0 aliphatic heterocycles. The molecule has 0 unspecified atom stereocenters. The number of benzene rings is 3. The van der Waals surface area contributed by atoms with Crippen molar-refractivity contribution in [3.63, 3.8) is 0 Å². The summed E-state index contributed by atoms with van der Waals surface area (Å²) in [5.74, 6) is 1.43. The Morgan fingerprint density at radius 1 is 1.03 bits per heavy atom. The minimum absolute atomic E-state index is 0.0507. The van der Waals surface area contributed by atoms with Crippen molar-refractivity contribution in [3.8, 4) is 34.0 Å². The fourth-order valence-corrected chi connectivity index (χ4v) is 5.18. The van der Waals surface area contributed by atoms with Gasteiger partial charge in [-0.25, -0.2) is 0 Å². The average Bonchev–Trinajstić information content (AvgIpc) is 3.24. The standard InChI is InChI=1S/C31H33N2O3Si/c1-19-17-25(30(36-37)27(20(19)2)31(4,5)6)28-26(21(3)34)29(23-11-9-8-10-12-23)33(32-28)18-22-13-15-24(35-7)16-14-22/h8-17H,18H2,1-7H3. The monoisotopic (exact) mass is 509 g/mol. The minimum atomic E-state index is -0.183. The highest BCUT2D eigenvalue weighted by Crippen LogP contribution is 2.44. The van der Waals surface area contributed by atoms with Crippen molar-refractivity contribution in [1.82, 2.24) is 9.78 Å². The van der Waals surface area contributed by atoms with E-state index in [4.69, 9.17) is 14.3 Å². The van der Waals surface area contributed by atoms with E-state index in [1.54, 1.807) is 14.0 Å². The summed E-state index contributed by atoms with van der Waals surface area (Å²) < 4.78 is 13.1. The predicted octanol–water partition coefficient (Wildman–Crippen LogP) is 6.85. The molecule has 0 aliphatic carbocycles. The third kappa shape index (κ3) is 5.11. The number of ether oxygens (including phenoxy) is 1. The van der Waals surface area contributed by atoms with E-state index in [-0.39, 0.29) is 11.2 Å². The van der Waals surface area contributed by atoms with Crippen molar-refractivity contribution in [3.05, 3.63) is 88.5 Å². The Labute approximate surface area is 223 Å². The molecule has 1 heterocycles. The number of ketones is 1. The average molecular weight is 510 g/mol. The van der Waals surface area contributed by atoms with Crippen molar-refractivity contribution >= 4 is 16.3 Å². The van der Waals surface area contributed by atoms with Crippen LogP contribution in [0.3, 0.4) is 0 Å². The molecular formula is C31H33N2O3Si. The van der Waals surface area contributed by atoms with E-state index in [0.29, 0.717) is 23.6 Å². The zero-order valence-electron chi connectivity index (χ0n) is 22.6. The van der Waals surface area contributed by atoms with E-state index in [1.807, 2.05) is 59.3 Å². The van der Waals surface area contributed by atoms with E-state index in [2.05, 4.69) is 51.2 Å². The summed E-state index contributed by atoms with van der Waals surface area (Å²) in [5.41, 5.74) is 7.93. The Hall–Kier alpha value is -3.64. The predicted molar refractivity (Wildman–Crippen MR) is 150 cm³/mol. The van der Waals surface area contributed by atoms with Crippen LogP contribution in [0.2, 0.25) is 0 Å². The summed E-state index contributed by atoms with van der Waals surface area (Å²) in [6.07, 6.45) is 0. The molecule has 0 bridgehead atoms.